The second kappa shape index (κ2) is 30.4. The highest BCUT2D eigenvalue weighted by molar-refractivity contribution is 6.16. The Morgan fingerprint density at radius 1 is 0.566 bits per heavy atom. The van der Waals surface area contributed by atoms with Crippen molar-refractivity contribution in [2.24, 2.45) is 5.73 Å². The highest BCUT2D eigenvalue weighted by Gasteiger charge is 2.43. The first-order valence-electron chi connectivity index (χ1n) is 25.1. The number of H-pyrrole nitrogens is 1. The van der Waals surface area contributed by atoms with Crippen LogP contribution >= 0.6 is 0 Å². The molecule has 3 aromatic carbocycles. The van der Waals surface area contributed by atoms with E-state index in [4.69, 9.17) is 5.73 Å². The van der Waals surface area contributed by atoms with Crippen LogP contribution in [0.2, 0.25) is 0 Å². The molecule has 0 aliphatic carbocycles. The molecule has 0 unspecified atom stereocenters. The van der Waals surface area contributed by atoms with E-state index >= 15 is 14.4 Å². The fourth-order valence-corrected chi connectivity index (χ4v) is 8.29. The maximum Gasteiger partial charge on any atom is 0.305 e. The third-order valence-electron chi connectivity index (χ3n) is 12.5. The number of nitrogens with one attached hydrogen (secondary N) is 8. The molecule has 410 valence electrons. The Balaban J connectivity index is 1.93. The fourth-order valence-electron chi connectivity index (χ4n) is 8.29. The summed E-state index contributed by atoms with van der Waals surface area (Å²) >= 11 is 0. The normalized spacial score (nSPS) is 13.9. The van der Waals surface area contributed by atoms with Crippen LogP contribution in [0.15, 0.2) is 85.1 Å². The molecule has 0 saturated carbocycles. The van der Waals surface area contributed by atoms with Crippen molar-refractivity contribution in [3.63, 3.8) is 0 Å². The van der Waals surface area contributed by atoms with Gasteiger partial charge in [0.25, 0.3) is 17.7 Å². The van der Waals surface area contributed by atoms with Crippen LogP contribution in [-0.4, -0.2) is 147 Å². The lowest BCUT2D eigenvalue weighted by atomic mass is 9.99. The summed E-state index contributed by atoms with van der Waals surface area (Å²) < 4.78 is 0. The van der Waals surface area contributed by atoms with Crippen LogP contribution in [0.25, 0.3) is 10.9 Å². The minimum atomic E-state index is -1.93. The van der Waals surface area contributed by atoms with Gasteiger partial charge < -0.3 is 63.3 Å². The summed E-state index contributed by atoms with van der Waals surface area (Å²) in [5.74, 6) is -12.0. The third-order valence-corrected chi connectivity index (χ3v) is 12.5. The summed E-state index contributed by atoms with van der Waals surface area (Å²) in [7, 11) is 3.10. The van der Waals surface area contributed by atoms with Crippen molar-refractivity contribution in [3.8, 4) is 5.75 Å². The number of aromatic hydroxyl groups is 1. The van der Waals surface area contributed by atoms with E-state index in [9.17, 15) is 48.9 Å². The van der Waals surface area contributed by atoms with Gasteiger partial charge in [-0.1, -0.05) is 100 Å². The second-order valence-corrected chi connectivity index (χ2v) is 18.3. The largest absolute Gasteiger partial charge is 0.508 e. The monoisotopic (exact) mass is 1050 g/mol. The number of imide groups is 3. The zero-order chi connectivity index (χ0) is 55.9. The Bertz CT molecular complexity index is 2650. The number of hydrogen-bond acceptors (Lipinski definition) is 14. The van der Waals surface area contributed by atoms with Gasteiger partial charge >= 0.3 is 11.9 Å². The number of carbonyl (C=O) groups excluding carboxylic acids is 8. The molecule has 0 radical (unpaired) electrons. The van der Waals surface area contributed by atoms with E-state index in [1.54, 1.807) is 67.8 Å². The number of amides is 8. The van der Waals surface area contributed by atoms with Crippen LogP contribution in [0.3, 0.4) is 0 Å². The average Bonchev–Trinajstić information content (AvgIpc) is 3.80. The lowest BCUT2D eigenvalue weighted by Crippen LogP contribution is -2.64. The van der Waals surface area contributed by atoms with Crippen molar-refractivity contribution in [1.29, 1.82) is 0 Å². The molecule has 4 rings (SSSR count). The van der Waals surface area contributed by atoms with Crippen molar-refractivity contribution in [3.05, 3.63) is 102 Å². The molecular formula is C53H70N10O13. The van der Waals surface area contributed by atoms with Gasteiger partial charge in [0.15, 0.2) is 0 Å². The molecule has 0 aliphatic rings. The Labute approximate surface area is 439 Å². The molecule has 76 heavy (non-hydrogen) atoms. The minimum absolute atomic E-state index is 0.148. The number of nitrogens with zero attached hydrogens (tertiary/aromatic N) is 1. The number of phenols is 1. The van der Waals surface area contributed by atoms with E-state index in [0.717, 1.165) is 12.8 Å². The first-order valence-corrected chi connectivity index (χ1v) is 25.1. The number of likely N-dealkylation sites (N-methyl/N-ethyl adjacent to an activating group) is 2. The van der Waals surface area contributed by atoms with Crippen LogP contribution in [0.4, 0.5) is 0 Å². The van der Waals surface area contributed by atoms with E-state index in [1.165, 1.54) is 31.3 Å². The van der Waals surface area contributed by atoms with Gasteiger partial charge in [0, 0.05) is 36.4 Å². The number of benzene rings is 3. The maximum atomic E-state index is 15.6. The first-order chi connectivity index (χ1) is 36.3. The molecule has 0 fully saturated rings. The molecular weight excluding hydrogens is 985 g/mol. The molecule has 8 amide bonds. The van der Waals surface area contributed by atoms with Crippen LogP contribution in [-0.2, 0) is 67.2 Å². The summed E-state index contributed by atoms with van der Waals surface area (Å²) in [5, 5.41) is 48.2. The van der Waals surface area contributed by atoms with E-state index in [-0.39, 0.29) is 16.2 Å². The van der Waals surface area contributed by atoms with Crippen molar-refractivity contribution in [1.82, 2.24) is 47.1 Å². The summed E-state index contributed by atoms with van der Waals surface area (Å²) in [4.78, 5) is 143. The smallest absolute Gasteiger partial charge is 0.305 e. The predicted molar refractivity (Wildman–Crippen MR) is 279 cm³/mol. The fraction of sp³-hybridized carbons (Fsp3) is 0.434. The molecule has 13 N–H and O–H groups in total. The van der Waals surface area contributed by atoms with Crippen molar-refractivity contribution < 1.29 is 63.3 Å². The Kier molecular flexibility index (Phi) is 24.2. The molecule has 23 heteroatoms. The Morgan fingerprint density at radius 3 is 1.61 bits per heavy atom. The number of carboxylic acid groups (broad SMARTS) is 2. The van der Waals surface area contributed by atoms with Gasteiger partial charge in [-0.15, -0.1) is 0 Å². The summed E-state index contributed by atoms with van der Waals surface area (Å²) in [6, 6.07) is 9.43. The minimum Gasteiger partial charge on any atom is -0.508 e. The highest BCUT2D eigenvalue weighted by Crippen LogP contribution is 2.22. The number of unbranched alkanes of at least 4 members (excludes halogenated alkanes) is 2. The zero-order valence-electron chi connectivity index (χ0n) is 43.1. The Hall–Kier alpha value is -8.02. The van der Waals surface area contributed by atoms with Crippen molar-refractivity contribution in [2.75, 3.05) is 20.6 Å². The number of aliphatic carboxylic acids is 2. The maximum absolute atomic E-state index is 15.6. The summed E-state index contributed by atoms with van der Waals surface area (Å²) in [6.45, 7) is 3.18. The molecule has 0 spiro atoms. The number of carbonyl (C=O) groups is 10. The van der Waals surface area contributed by atoms with Gasteiger partial charge in [-0.2, -0.15) is 0 Å². The van der Waals surface area contributed by atoms with Gasteiger partial charge in [0.2, 0.25) is 29.5 Å². The molecule has 1 aromatic heterocycles. The number of aromatic nitrogens is 1. The van der Waals surface area contributed by atoms with Crippen LogP contribution in [0.1, 0.15) is 81.9 Å². The van der Waals surface area contributed by atoms with Gasteiger partial charge in [0.05, 0.1) is 37.5 Å². The average molecular weight is 1060 g/mol. The van der Waals surface area contributed by atoms with Gasteiger partial charge in [0.1, 0.15) is 29.9 Å². The number of para-hydroxylation sites is 1. The summed E-state index contributed by atoms with van der Waals surface area (Å²) in [6.07, 6.45) is 1.90. The topological polar surface area (TPSA) is 361 Å². The van der Waals surface area contributed by atoms with Crippen LogP contribution in [0.5, 0.6) is 5.75 Å². The van der Waals surface area contributed by atoms with E-state index < -0.39 is 140 Å². The number of aromatic amines is 1. The van der Waals surface area contributed by atoms with E-state index in [2.05, 4.69) is 42.2 Å². The van der Waals surface area contributed by atoms with Gasteiger partial charge in [-0.25, -0.2) is 4.90 Å². The number of fused-ring (bicyclic) bond motifs is 1. The standard InChI is InChI=1S/C53H70N10O13/c1-5-7-17-38(55-3)48(71)58-30-44(65)59-43(26-33-29-57-37-19-13-12-16-35(33)37)53(76)63(51(74)41(25-32-20-22-34(64)23-21-32)61-47(70)36(54)27-45(66)67)52(75)42(24-31-14-10-9-11-15-31)62-50(73)40(28-46(68)69)60-49(72)39(56-4)18-8-6-2/h9-16,19-23,29,36,38-43,55-57,64H,5-8,17-18,24-28,30,54H2,1-4H3,(H,58,71)(H,59,65)(H,60,72)(H,61,70)(H,62,73)(H,66,67)(H,68,69)/t36-,38-,39-,40-,41-,42-,43-/m0/s1. The zero-order valence-corrected chi connectivity index (χ0v) is 43.1. The number of rotatable bonds is 31. The SMILES string of the molecule is CCCC[C@H](NC)C(=O)NCC(=O)N[C@@H](Cc1c[nH]c2ccccc12)C(=O)N(C(=O)[C@H](Cc1ccccc1)NC(=O)[C@H](CC(=O)O)NC(=O)[C@H](CCCC)NC)C(=O)[C@H](Cc1ccc(O)cc1)NC(=O)[C@@H](N)CC(=O)O. The van der Waals surface area contributed by atoms with Crippen LogP contribution in [0, 0.1) is 0 Å². The lowest BCUT2D eigenvalue weighted by Gasteiger charge is -2.32. The van der Waals surface area contributed by atoms with E-state index in [1.807, 2.05) is 13.8 Å². The number of carboxylic acids is 2. The molecule has 4 aromatic rings. The first kappa shape index (κ1) is 60.5. The molecule has 7 atom stereocenters. The quantitative estimate of drug-likeness (QED) is 0.0330. The highest BCUT2D eigenvalue weighted by atomic mass is 16.4. The lowest BCUT2D eigenvalue weighted by molar-refractivity contribution is -0.159. The number of phenolic OH excluding ortho intramolecular Hbond substituents is 1. The van der Waals surface area contributed by atoms with Crippen LogP contribution < -0.4 is 43.0 Å². The molecule has 0 bridgehead atoms. The van der Waals surface area contributed by atoms with Gasteiger partial charge in [-0.05, 0) is 61.8 Å². The number of hydrogen-bond donors (Lipinski definition) is 12. The van der Waals surface area contributed by atoms with Crippen molar-refractivity contribution >= 4 is 70.1 Å². The summed E-state index contributed by atoms with van der Waals surface area (Å²) in [5.41, 5.74) is 7.59. The molecule has 0 saturated heterocycles. The molecule has 23 nitrogen and oxygen atoms in total. The predicted octanol–water partition coefficient (Wildman–Crippen LogP) is 0.672. The third kappa shape index (κ3) is 18.4. The molecule has 0 aliphatic heterocycles. The van der Waals surface area contributed by atoms with Crippen molar-refractivity contribution in [2.45, 2.75) is 127 Å². The molecule has 1 heterocycles. The Morgan fingerprint density at radius 2 is 1.05 bits per heavy atom. The number of nitrogens with two attached hydrogens (primary N) is 1. The van der Waals surface area contributed by atoms with Gasteiger partial charge in [-0.3, -0.25) is 47.9 Å². The van der Waals surface area contributed by atoms with E-state index in [0.29, 0.717) is 47.7 Å². The second-order valence-electron chi connectivity index (χ2n) is 18.3.